The Morgan fingerprint density at radius 2 is 1.75 bits per heavy atom. The highest BCUT2D eigenvalue weighted by atomic mass is 32.3. The van der Waals surface area contributed by atoms with E-state index in [4.69, 9.17) is 0 Å². The molecule has 0 spiro atoms. The van der Waals surface area contributed by atoms with Crippen molar-refractivity contribution in [3.63, 3.8) is 0 Å². The second kappa shape index (κ2) is 3.96. The molecule has 0 aromatic carbocycles. The largest absolute Gasteiger partial charge is 0.151 e. The lowest BCUT2D eigenvalue weighted by atomic mass is 10.6. The SMILES string of the molecule is CCC(S)(SC)SC. The molecule has 50 valence electrons. The maximum Gasteiger partial charge on any atom is 0.103 e. The highest BCUT2D eigenvalue weighted by Gasteiger charge is 2.18. The van der Waals surface area contributed by atoms with Crippen LogP contribution in [0.5, 0.6) is 0 Å². The van der Waals surface area contributed by atoms with Gasteiger partial charge in [-0.05, 0) is 18.9 Å². The highest BCUT2D eigenvalue weighted by molar-refractivity contribution is 8.28. The van der Waals surface area contributed by atoms with E-state index in [1.54, 1.807) is 23.5 Å². The van der Waals surface area contributed by atoms with Crippen molar-refractivity contribution >= 4 is 36.2 Å². The summed E-state index contributed by atoms with van der Waals surface area (Å²) in [5, 5.41) is 0. The summed E-state index contributed by atoms with van der Waals surface area (Å²) in [7, 11) is 0. The number of thiol groups is 1. The second-order valence-corrected chi connectivity index (χ2v) is 5.31. The summed E-state index contributed by atoms with van der Waals surface area (Å²) in [6.45, 7) is 2.15. The van der Waals surface area contributed by atoms with E-state index >= 15 is 0 Å². The van der Waals surface area contributed by atoms with Crippen molar-refractivity contribution in [3.8, 4) is 0 Å². The lowest BCUT2D eigenvalue weighted by molar-refractivity contribution is 1.02. The summed E-state index contributed by atoms with van der Waals surface area (Å²) in [4.78, 5) is 0. The number of hydrogen-bond donors (Lipinski definition) is 1. The summed E-state index contributed by atoms with van der Waals surface area (Å²) >= 11 is 8.04. The summed E-state index contributed by atoms with van der Waals surface area (Å²) in [5.41, 5.74) is 0. The first kappa shape index (κ1) is 9.05. The molecule has 0 amide bonds. The minimum atomic E-state index is 0.153. The molecule has 8 heavy (non-hydrogen) atoms. The fourth-order valence-corrected chi connectivity index (χ4v) is 1.62. The van der Waals surface area contributed by atoms with Crippen LogP contribution >= 0.6 is 36.2 Å². The summed E-state index contributed by atoms with van der Waals surface area (Å²) < 4.78 is 0.153. The Kier molecular flexibility index (Phi) is 4.48. The van der Waals surface area contributed by atoms with E-state index in [1.807, 2.05) is 0 Å². The van der Waals surface area contributed by atoms with Crippen molar-refractivity contribution in [3.05, 3.63) is 0 Å². The first-order valence-corrected chi connectivity index (χ1v) is 5.41. The molecule has 0 aliphatic rings. The number of hydrogen-bond acceptors (Lipinski definition) is 3. The zero-order chi connectivity index (χ0) is 6.62. The molecule has 0 atom stereocenters. The molecule has 0 aromatic heterocycles. The van der Waals surface area contributed by atoms with Gasteiger partial charge >= 0.3 is 0 Å². The van der Waals surface area contributed by atoms with Gasteiger partial charge in [-0.3, -0.25) is 0 Å². The van der Waals surface area contributed by atoms with Crippen LogP contribution < -0.4 is 0 Å². The Morgan fingerprint density at radius 3 is 1.75 bits per heavy atom. The first-order valence-electron chi connectivity index (χ1n) is 2.51. The van der Waals surface area contributed by atoms with Crippen LogP contribution in [-0.2, 0) is 0 Å². The third-order valence-electron chi connectivity index (χ3n) is 1.08. The van der Waals surface area contributed by atoms with E-state index in [-0.39, 0.29) is 3.41 Å². The summed E-state index contributed by atoms with van der Waals surface area (Å²) in [5.74, 6) is 0. The second-order valence-electron chi connectivity index (χ2n) is 1.47. The van der Waals surface area contributed by atoms with Crippen molar-refractivity contribution in [1.82, 2.24) is 0 Å². The maximum atomic E-state index is 4.44. The lowest BCUT2D eigenvalue weighted by Gasteiger charge is -2.21. The third-order valence-corrected chi connectivity index (χ3v) is 5.35. The van der Waals surface area contributed by atoms with Crippen LogP contribution in [0.2, 0.25) is 0 Å². The van der Waals surface area contributed by atoms with Gasteiger partial charge in [0.25, 0.3) is 0 Å². The van der Waals surface area contributed by atoms with E-state index in [0.717, 1.165) is 6.42 Å². The number of rotatable bonds is 3. The molecule has 0 unspecified atom stereocenters. The smallest absolute Gasteiger partial charge is 0.103 e. The molecule has 0 saturated heterocycles. The van der Waals surface area contributed by atoms with E-state index in [9.17, 15) is 0 Å². The van der Waals surface area contributed by atoms with Gasteiger partial charge in [0.1, 0.15) is 3.41 Å². The Morgan fingerprint density at radius 1 is 1.38 bits per heavy atom. The predicted octanol–water partition coefficient (Wildman–Crippen LogP) is 2.71. The fourth-order valence-electron chi connectivity index (χ4n) is 0.372. The van der Waals surface area contributed by atoms with Gasteiger partial charge in [-0.15, -0.1) is 23.5 Å². The maximum absolute atomic E-state index is 4.44. The van der Waals surface area contributed by atoms with Crippen LogP contribution in [-0.4, -0.2) is 15.9 Å². The van der Waals surface area contributed by atoms with Crippen LogP contribution in [0.4, 0.5) is 0 Å². The zero-order valence-corrected chi connectivity index (χ0v) is 8.00. The Hall–Kier alpha value is 1.05. The molecule has 0 heterocycles. The average molecular weight is 168 g/mol. The topological polar surface area (TPSA) is 0 Å². The average Bonchev–Trinajstić information content (AvgIpc) is 1.87. The minimum Gasteiger partial charge on any atom is -0.151 e. The van der Waals surface area contributed by atoms with Crippen molar-refractivity contribution in [2.24, 2.45) is 0 Å². The van der Waals surface area contributed by atoms with Crippen molar-refractivity contribution in [2.75, 3.05) is 12.5 Å². The van der Waals surface area contributed by atoms with Gasteiger partial charge < -0.3 is 0 Å². The molecule has 0 rings (SSSR count). The van der Waals surface area contributed by atoms with Crippen LogP contribution in [0.3, 0.4) is 0 Å². The highest BCUT2D eigenvalue weighted by Crippen LogP contribution is 2.40. The summed E-state index contributed by atoms with van der Waals surface area (Å²) in [6.07, 6.45) is 5.29. The molecule has 3 heteroatoms. The van der Waals surface area contributed by atoms with Crippen LogP contribution in [0.1, 0.15) is 13.3 Å². The van der Waals surface area contributed by atoms with Gasteiger partial charge in [0.15, 0.2) is 0 Å². The third kappa shape index (κ3) is 2.55. The molecular weight excluding hydrogens is 156 g/mol. The molecule has 0 N–H and O–H groups in total. The van der Waals surface area contributed by atoms with E-state index in [2.05, 4.69) is 32.1 Å². The normalized spacial score (nSPS) is 12.0. The Balaban J connectivity index is 3.58. The van der Waals surface area contributed by atoms with E-state index in [1.165, 1.54) is 0 Å². The van der Waals surface area contributed by atoms with Gasteiger partial charge in [-0.25, -0.2) is 0 Å². The molecule has 0 aliphatic heterocycles. The van der Waals surface area contributed by atoms with Gasteiger partial charge in [-0.1, -0.05) is 6.92 Å². The predicted molar refractivity (Wildman–Crippen MR) is 49.0 cm³/mol. The Labute approximate surface area is 65.6 Å². The number of thioether (sulfide) groups is 2. The van der Waals surface area contributed by atoms with Crippen molar-refractivity contribution < 1.29 is 0 Å². The van der Waals surface area contributed by atoms with Gasteiger partial charge in [0, 0.05) is 0 Å². The zero-order valence-electron chi connectivity index (χ0n) is 5.47. The monoisotopic (exact) mass is 168 g/mol. The fraction of sp³-hybridized carbons (Fsp3) is 1.00. The standard InChI is InChI=1S/C5H12S3/c1-4-5(6,7-2)8-3/h6H,4H2,1-3H3. The molecule has 0 aliphatic carbocycles. The molecule has 0 bridgehead atoms. The van der Waals surface area contributed by atoms with Crippen molar-refractivity contribution in [1.29, 1.82) is 0 Å². The molecule has 0 fully saturated rings. The molecule has 0 nitrogen and oxygen atoms in total. The summed E-state index contributed by atoms with van der Waals surface area (Å²) in [6, 6.07) is 0. The molecule has 0 radical (unpaired) electrons. The quantitative estimate of drug-likeness (QED) is 0.508. The van der Waals surface area contributed by atoms with Crippen LogP contribution in [0, 0.1) is 0 Å². The first-order chi connectivity index (χ1) is 3.68. The molecule has 0 saturated carbocycles. The van der Waals surface area contributed by atoms with Crippen molar-refractivity contribution in [2.45, 2.75) is 16.8 Å². The van der Waals surface area contributed by atoms with Gasteiger partial charge in [0.2, 0.25) is 0 Å². The lowest BCUT2D eigenvalue weighted by Crippen LogP contribution is -2.06. The van der Waals surface area contributed by atoms with Crippen LogP contribution in [0.15, 0.2) is 0 Å². The van der Waals surface area contributed by atoms with E-state index < -0.39 is 0 Å². The Bertz CT molecular complexity index is 50.4. The van der Waals surface area contributed by atoms with Gasteiger partial charge in [0.05, 0.1) is 0 Å². The van der Waals surface area contributed by atoms with Crippen LogP contribution in [0.25, 0.3) is 0 Å². The molecule has 0 aromatic rings. The molecular formula is C5H12S3. The van der Waals surface area contributed by atoms with E-state index in [0.29, 0.717) is 0 Å². The minimum absolute atomic E-state index is 0.153. The van der Waals surface area contributed by atoms with Gasteiger partial charge in [-0.2, -0.15) is 12.6 Å².